The Kier molecular flexibility index (Phi) is 5.10. The summed E-state index contributed by atoms with van der Waals surface area (Å²) in [7, 11) is 1.64. The Labute approximate surface area is 141 Å². The molecule has 1 aliphatic rings. The average Bonchev–Trinajstić information content (AvgIpc) is 2.67. The summed E-state index contributed by atoms with van der Waals surface area (Å²) >= 11 is 0. The summed E-state index contributed by atoms with van der Waals surface area (Å²) in [5.41, 5.74) is 1.04. The first-order valence-corrected chi connectivity index (χ1v) is 7.93. The van der Waals surface area contributed by atoms with Gasteiger partial charge in [-0.1, -0.05) is 12.1 Å². The summed E-state index contributed by atoms with van der Waals surface area (Å²) in [6.45, 7) is 3.37. The second-order valence-electron chi connectivity index (χ2n) is 5.54. The van der Waals surface area contributed by atoms with Crippen molar-refractivity contribution in [1.82, 2.24) is 20.2 Å². The molecule has 2 amide bonds. The summed E-state index contributed by atoms with van der Waals surface area (Å²) in [4.78, 5) is 24.6. The molecule has 1 aromatic heterocycles. The van der Waals surface area contributed by atoms with Gasteiger partial charge < -0.3 is 19.9 Å². The second kappa shape index (κ2) is 7.63. The quantitative estimate of drug-likeness (QED) is 0.922. The first kappa shape index (κ1) is 16.0. The molecule has 7 heteroatoms. The van der Waals surface area contributed by atoms with Gasteiger partial charge in [0.05, 0.1) is 13.3 Å². The Morgan fingerprint density at radius 2 is 1.92 bits per heavy atom. The maximum absolute atomic E-state index is 12.3. The number of rotatable bonds is 4. The number of carbonyl (C=O) groups is 1. The molecule has 1 aliphatic heterocycles. The lowest BCUT2D eigenvalue weighted by Gasteiger charge is -2.35. The highest BCUT2D eigenvalue weighted by atomic mass is 16.5. The molecule has 0 bridgehead atoms. The molecular formula is C17H21N5O2. The van der Waals surface area contributed by atoms with Gasteiger partial charge >= 0.3 is 6.03 Å². The number of benzene rings is 1. The predicted molar refractivity (Wildman–Crippen MR) is 91.0 cm³/mol. The van der Waals surface area contributed by atoms with Crippen LogP contribution in [-0.4, -0.2) is 54.2 Å². The lowest BCUT2D eigenvalue weighted by atomic mass is 10.2. The minimum atomic E-state index is -0.0374. The van der Waals surface area contributed by atoms with E-state index in [2.05, 4.69) is 20.2 Å². The first-order valence-electron chi connectivity index (χ1n) is 7.93. The highest BCUT2D eigenvalue weighted by Crippen LogP contribution is 2.13. The van der Waals surface area contributed by atoms with Crippen molar-refractivity contribution in [2.24, 2.45) is 0 Å². The highest BCUT2D eigenvalue weighted by molar-refractivity contribution is 5.74. The van der Waals surface area contributed by atoms with Gasteiger partial charge in [-0.15, -0.1) is 0 Å². The lowest BCUT2D eigenvalue weighted by Crippen LogP contribution is -2.51. The van der Waals surface area contributed by atoms with Crippen LogP contribution in [0.3, 0.4) is 0 Å². The van der Waals surface area contributed by atoms with Crippen LogP contribution in [0.4, 0.5) is 10.6 Å². The van der Waals surface area contributed by atoms with E-state index in [4.69, 9.17) is 4.74 Å². The van der Waals surface area contributed by atoms with Crippen LogP contribution in [0.5, 0.6) is 5.75 Å². The van der Waals surface area contributed by atoms with Crippen LogP contribution >= 0.6 is 0 Å². The van der Waals surface area contributed by atoms with Crippen molar-refractivity contribution in [3.05, 3.63) is 48.4 Å². The van der Waals surface area contributed by atoms with E-state index >= 15 is 0 Å². The molecule has 0 aliphatic carbocycles. The van der Waals surface area contributed by atoms with Crippen molar-refractivity contribution in [2.75, 3.05) is 38.2 Å². The number of piperazine rings is 1. The molecule has 0 unspecified atom stereocenters. The fourth-order valence-corrected chi connectivity index (χ4v) is 2.63. The van der Waals surface area contributed by atoms with E-state index in [1.165, 1.54) is 0 Å². The van der Waals surface area contributed by atoms with Crippen LogP contribution in [0.1, 0.15) is 5.56 Å². The summed E-state index contributed by atoms with van der Waals surface area (Å²) in [5.74, 6) is 1.67. The molecule has 126 valence electrons. The molecule has 24 heavy (non-hydrogen) atoms. The first-order chi connectivity index (χ1) is 11.8. The van der Waals surface area contributed by atoms with Crippen LogP contribution in [0, 0.1) is 0 Å². The minimum absolute atomic E-state index is 0.0374. The fourth-order valence-electron chi connectivity index (χ4n) is 2.63. The van der Waals surface area contributed by atoms with Crippen LogP contribution < -0.4 is 15.0 Å². The van der Waals surface area contributed by atoms with E-state index in [-0.39, 0.29) is 6.03 Å². The maximum atomic E-state index is 12.3. The van der Waals surface area contributed by atoms with Crippen molar-refractivity contribution < 1.29 is 9.53 Å². The summed E-state index contributed by atoms with van der Waals surface area (Å²) in [5, 5.41) is 2.96. The van der Waals surface area contributed by atoms with Crippen molar-refractivity contribution >= 4 is 11.8 Å². The number of nitrogens with one attached hydrogen (secondary N) is 1. The number of methoxy groups -OCH3 is 1. The molecule has 0 radical (unpaired) electrons. The molecule has 3 rings (SSSR count). The van der Waals surface area contributed by atoms with Crippen molar-refractivity contribution in [3.8, 4) is 5.75 Å². The summed E-state index contributed by atoms with van der Waals surface area (Å²) in [6, 6.07) is 7.64. The molecule has 0 atom stereocenters. The fraction of sp³-hybridized carbons (Fsp3) is 0.353. The SMILES string of the molecule is COc1ccc(CNC(=O)N2CCN(c3cnccn3)CC2)cc1. The molecule has 0 spiro atoms. The van der Waals surface area contributed by atoms with Gasteiger partial charge in [0.2, 0.25) is 0 Å². The van der Waals surface area contributed by atoms with Gasteiger partial charge in [-0.2, -0.15) is 0 Å². The van der Waals surface area contributed by atoms with E-state index < -0.39 is 0 Å². The summed E-state index contributed by atoms with van der Waals surface area (Å²) < 4.78 is 5.13. The van der Waals surface area contributed by atoms with Gasteiger partial charge in [0.15, 0.2) is 0 Å². The second-order valence-corrected chi connectivity index (χ2v) is 5.54. The van der Waals surface area contributed by atoms with Crippen LogP contribution in [-0.2, 0) is 6.54 Å². The number of aromatic nitrogens is 2. The van der Waals surface area contributed by atoms with E-state index in [0.29, 0.717) is 19.6 Å². The van der Waals surface area contributed by atoms with Crippen molar-refractivity contribution in [1.29, 1.82) is 0 Å². The Hall–Kier alpha value is -2.83. The predicted octanol–water partition coefficient (Wildman–Crippen LogP) is 1.52. The Balaban J connectivity index is 1.46. The lowest BCUT2D eigenvalue weighted by molar-refractivity contribution is 0.194. The number of amides is 2. The molecule has 1 aromatic carbocycles. The summed E-state index contributed by atoms with van der Waals surface area (Å²) in [6.07, 6.45) is 5.09. The zero-order valence-electron chi connectivity index (χ0n) is 13.7. The Morgan fingerprint density at radius 3 is 2.54 bits per heavy atom. The minimum Gasteiger partial charge on any atom is -0.497 e. The third kappa shape index (κ3) is 3.92. The molecule has 0 saturated carbocycles. The standard InChI is InChI=1S/C17H21N5O2/c1-24-15-4-2-14(3-5-15)12-20-17(23)22-10-8-21(9-11-22)16-13-18-6-7-19-16/h2-7,13H,8-12H2,1H3,(H,20,23). The van der Waals surface area contributed by atoms with Crippen LogP contribution in [0.2, 0.25) is 0 Å². The normalized spacial score (nSPS) is 14.4. The van der Waals surface area contributed by atoms with E-state index in [1.54, 1.807) is 25.7 Å². The smallest absolute Gasteiger partial charge is 0.317 e. The number of nitrogens with zero attached hydrogens (tertiary/aromatic N) is 4. The number of ether oxygens (including phenoxy) is 1. The Morgan fingerprint density at radius 1 is 1.17 bits per heavy atom. The van der Waals surface area contributed by atoms with Crippen molar-refractivity contribution in [2.45, 2.75) is 6.54 Å². The van der Waals surface area contributed by atoms with Gasteiger partial charge in [-0.3, -0.25) is 4.98 Å². The van der Waals surface area contributed by atoms with Gasteiger partial charge in [-0.05, 0) is 17.7 Å². The third-order valence-corrected chi connectivity index (χ3v) is 4.04. The van der Waals surface area contributed by atoms with Crippen molar-refractivity contribution in [3.63, 3.8) is 0 Å². The zero-order chi connectivity index (χ0) is 16.8. The molecule has 1 fully saturated rings. The third-order valence-electron chi connectivity index (χ3n) is 4.04. The monoisotopic (exact) mass is 327 g/mol. The maximum Gasteiger partial charge on any atom is 0.317 e. The number of hydrogen-bond donors (Lipinski definition) is 1. The van der Waals surface area contributed by atoms with E-state index in [0.717, 1.165) is 30.2 Å². The zero-order valence-corrected chi connectivity index (χ0v) is 13.7. The highest BCUT2D eigenvalue weighted by Gasteiger charge is 2.21. The number of hydrogen-bond acceptors (Lipinski definition) is 5. The molecular weight excluding hydrogens is 306 g/mol. The largest absolute Gasteiger partial charge is 0.497 e. The molecule has 2 aromatic rings. The van der Waals surface area contributed by atoms with E-state index in [9.17, 15) is 4.79 Å². The van der Waals surface area contributed by atoms with Crippen LogP contribution in [0.15, 0.2) is 42.9 Å². The average molecular weight is 327 g/mol. The molecule has 1 N–H and O–H groups in total. The topological polar surface area (TPSA) is 70.6 Å². The molecule has 2 heterocycles. The number of carbonyl (C=O) groups excluding carboxylic acids is 1. The van der Waals surface area contributed by atoms with Gasteiger partial charge in [-0.25, -0.2) is 9.78 Å². The molecule has 1 saturated heterocycles. The Bertz CT molecular complexity index is 654. The van der Waals surface area contributed by atoms with E-state index in [1.807, 2.05) is 29.2 Å². The van der Waals surface area contributed by atoms with Gasteiger partial charge in [0, 0.05) is 45.1 Å². The molecule has 7 nitrogen and oxygen atoms in total. The van der Waals surface area contributed by atoms with Crippen LogP contribution in [0.25, 0.3) is 0 Å². The van der Waals surface area contributed by atoms with Gasteiger partial charge in [0.1, 0.15) is 11.6 Å². The number of anilines is 1. The van der Waals surface area contributed by atoms with Gasteiger partial charge in [0.25, 0.3) is 0 Å². The number of urea groups is 1.